The van der Waals surface area contributed by atoms with E-state index in [1.165, 1.54) is 12.1 Å². The molecule has 0 radical (unpaired) electrons. The van der Waals surface area contributed by atoms with Crippen LogP contribution in [-0.2, 0) is 17.4 Å². The largest absolute Gasteiger partial charge is 0.416 e. The molecule has 0 heterocycles. The molecule has 2 aromatic carbocycles. The number of aliphatic hydroxyl groups excluding tert-OH is 1. The Kier molecular flexibility index (Phi) is 4.43. The Hall–Kier alpha value is -2.14. The molecule has 21 heavy (non-hydrogen) atoms. The van der Waals surface area contributed by atoms with E-state index < -0.39 is 29.2 Å². The zero-order chi connectivity index (χ0) is 15.5. The molecule has 0 aliphatic heterocycles. The van der Waals surface area contributed by atoms with Gasteiger partial charge in [0.1, 0.15) is 6.10 Å². The molecule has 0 fully saturated rings. The van der Waals surface area contributed by atoms with Crippen LogP contribution in [0.1, 0.15) is 22.8 Å². The molecule has 1 N–H and O–H groups in total. The highest BCUT2D eigenvalue weighted by Gasteiger charge is 2.35. The van der Waals surface area contributed by atoms with Crippen molar-refractivity contribution in [3.63, 3.8) is 0 Å². The van der Waals surface area contributed by atoms with Crippen LogP contribution in [0.25, 0.3) is 0 Å². The van der Waals surface area contributed by atoms with Gasteiger partial charge in [-0.05, 0) is 11.6 Å². The van der Waals surface area contributed by atoms with Crippen LogP contribution in [0.2, 0.25) is 0 Å². The van der Waals surface area contributed by atoms with Crippen molar-refractivity contribution < 1.29 is 23.1 Å². The minimum atomic E-state index is -4.61. The normalized spacial score (nSPS) is 13.0. The van der Waals surface area contributed by atoms with Crippen LogP contribution in [-0.4, -0.2) is 10.9 Å². The first-order valence-corrected chi connectivity index (χ1v) is 6.30. The Bertz CT molecular complexity index is 621. The molecule has 5 heteroatoms. The summed E-state index contributed by atoms with van der Waals surface area (Å²) < 4.78 is 38.6. The third kappa shape index (κ3) is 3.70. The average Bonchev–Trinajstić information content (AvgIpc) is 2.46. The lowest BCUT2D eigenvalue weighted by Gasteiger charge is -2.16. The van der Waals surface area contributed by atoms with Crippen molar-refractivity contribution in [3.05, 3.63) is 71.3 Å². The van der Waals surface area contributed by atoms with Crippen LogP contribution in [0.3, 0.4) is 0 Å². The summed E-state index contributed by atoms with van der Waals surface area (Å²) >= 11 is 0. The van der Waals surface area contributed by atoms with E-state index in [1.54, 1.807) is 30.3 Å². The van der Waals surface area contributed by atoms with Crippen LogP contribution < -0.4 is 0 Å². The average molecular weight is 294 g/mol. The summed E-state index contributed by atoms with van der Waals surface area (Å²) in [6.07, 6.45) is -6.51. The van der Waals surface area contributed by atoms with Crippen molar-refractivity contribution in [1.82, 2.24) is 0 Å². The molecule has 0 spiro atoms. The molecule has 0 saturated carbocycles. The van der Waals surface area contributed by atoms with Gasteiger partial charge in [0, 0.05) is 12.0 Å². The highest BCUT2D eigenvalue weighted by atomic mass is 19.4. The topological polar surface area (TPSA) is 37.3 Å². The van der Waals surface area contributed by atoms with E-state index >= 15 is 0 Å². The molecule has 0 aliphatic rings. The number of Topliss-reactive ketones (excluding diaryl/α,β-unsaturated/α-hetero) is 1. The number of carbonyl (C=O) groups is 1. The Balaban J connectivity index is 2.24. The molecule has 2 nitrogen and oxygen atoms in total. The Morgan fingerprint density at radius 1 is 1.00 bits per heavy atom. The van der Waals surface area contributed by atoms with E-state index in [4.69, 9.17) is 0 Å². The quantitative estimate of drug-likeness (QED) is 0.936. The number of rotatable bonds is 4. The van der Waals surface area contributed by atoms with Gasteiger partial charge in [-0.2, -0.15) is 13.2 Å². The van der Waals surface area contributed by atoms with E-state index in [2.05, 4.69) is 0 Å². The molecular weight excluding hydrogens is 281 g/mol. The first kappa shape index (κ1) is 15.3. The third-order valence-electron chi connectivity index (χ3n) is 3.09. The predicted octanol–water partition coefficient (Wildman–Crippen LogP) is 3.55. The van der Waals surface area contributed by atoms with Gasteiger partial charge in [-0.1, -0.05) is 48.5 Å². The standard InChI is InChI=1S/C16H13F3O2/c17-16(18,19)13-9-5-4-8-12(13)15(21)14(20)10-11-6-2-1-3-7-11/h1-9,15,21H,10H2. The summed E-state index contributed by atoms with van der Waals surface area (Å²) in [5.74, 6) is -0.669. The maximum absolute atomic E-state index is 12.9. The molecule has 1 atom stereocenters. The zero-order valence-electron chi connectivity index (χ0n) is 11.0. The number of benzene rings is 2. The van der Waals surface area contributed by atoms with Crippen molar-refractivity contribution in [2.75, 3.05) is 0 Å². The fourth-order valence-electron chi connectivity index (χ4n) is 2.06. The van der Waals surface area contributed by atoms with Gasteiger partial charge in [0.15, 0.2) is 5.78 Å². The highest BCUT2D eigenvalue weighted by molar-refractivity contribution is 5.86. The molecule has 0 bridgehead atoms. The SMILES string of the molecule is O=C(Cc1ccccc1)C(O)c1ccccc1C(F)(F)F. The van der Waals surface area contributed by atoms with Gasteiger partial charge in [0.2, 0.25) is 0 Å². The van der Waals surface area contributed by atoms with E-state index in [1.807, 2.05) is 0 Å². The molecular formula is C16H13F3O2. The van der Waals surface area contributed by atoms with Crippen molar-refractivity contribution in [2.24, 2.45) is 0 Å². The summed E-state index contributed by atoms with van der Waals surface area (Å²) in [6, 6.07) is 13.1. The van der Waals surface area contributed by atoms with Crippen LogP contribution in [0.15, 0.2) is 54.6 Å². The summed E-state index contributed by atoms with van der Waals surface area (Å²) in [6.45, 7) is 0. The maximum Gasteiger partial charge on any atom is 0.416 e. The maximum atomic E-state index is 12.9. The number of ketones is 1. The molecule has 110 valence electrons. The number of carbonyl (C=O) groups excluding carboxylic acids is 1. The van der Waals surface area contributed by atoms with Gasteiger partial charge in [0.25, 0.3) is 0 Å². The number of hydrogen-bond donors (Lipinski definition) is 1. The lowest BCUT2D eigenvalue weighted by atomic mass is 9.96. The van der Waals surface area contributed by atoms with Crippen molar-refractivity contribution in [3.8, 4) is 0 Å². The number of halogens is 3. The monoisotopic (exact) mass is 294 g/mol. The second-order valence-corrected chi connectivity index (χ2v) is 4.62. The van der Waals surface area contributed by atoms with Crippen LogP contribution in [0, 0.1) is 0 Å². The smallest absolute Gasteiger partial charge is 0.381 e. The molecule has 0 saturated heterocycles. The fraction of sp³-hybridized carbons (Fsp3) is 0.188. The zero-order valence-corrected chi connectivity index (χ0v) is 11.0. The molecule has 2 rings (SSSR count). The van der Waals surface area contributed by atoms with Crippen LogP contribution >= 0.6 is 0 Å². The number of alkyl halides is 3. The Morgan fingerprint density at radius 2 is 1.57 bits per heavy atom. The van der Waals surface area contributed by atoms with Gasteiger partial charge in [0.05, 0.1) is 5.56 Å². The minimum Gasteiger partial charge on any atom is -0.381 e. The molecule has 0 aromatic heterocycles. The predicted molar refractivity (Wildman–Crippen MR) is 71.6 cm³/mol. The third-order valence-corrected chi connectivity index (χ3v) is 3.09. The second kappa shape index (κ2) is 6.10. The molecule has 0 amide bonds. The second-order valence-electron chi connectivity index (χ2n) is 4.62. The van der Waals surface area contributed by atoms with E-state index in [0.29, 0.717) is 5.56 Å². The summed E-state index contributed by atoms with van der Waals surface area (Å²) in [5, 5.41) is 9.94. The first-order chi connectivity index (χ1) is 9.89. The number of hydrogen-bond acceptors (Lipinski definition) is 2. The number of aliphatic hydroxyl groups is 1. The van der Waals surface area contributed by atoms with Crippen LogP contribution in [0.4, 0.5) is 13.2 Å². The van der Waals surface area contributed by atoms with E-state index in [-0.39, 0.29) is 6.42 Å². The van der Waals surface area contributed by atoms with Crippen molar-refractivity contribution in [2.45, 2.75) is 18.7 Å². The lowest BCUT2D eigenvalue weighted by Crippen LogP contribution is -2.19. The van der Waals surface area contributed by atoms with Gasteiger partial charge in [-0.15, -0.1) is 0 Å². The fourth-order valence-corrected chi connectivity index (χ4v) is 2.06. The van der Waals surface area contributed by atoms with Crippen molar-refractivity contribution >= 4 is 5.78 Å². The van der Waals surface area contributed by atoms with Crippen molar-refractivity contribution in [1.29, 1.82) is 0 Å². The lowest BCUT2D eigenvalue weighted by molar-refractivity contribution is -0.140. The molecule has 0 aliphatic carbocycles. The first-order valence-electron chi connectivity index (χ1n) is 6.30. The summed E-state index contributed by atoms with van der Waals surface area (Å²) in [7, 11) is 0. The highest BCUT2D eigenvalue weighted by Crippen LogP contribution is 2.34. The Morgan fingerprint density at radius 3 is 2.19 bits per heavy atom. The molecule has 1 unspecified atom stereocenters. The Labute approximate surface area is 119 Å². The summed E-state index contributed by atoms with van der Waals surface area (Å²) in [5.41, 5.74) is -0.754. The van der Waals surface area contributed by atoms with Gasteiger partial charge in [-0.25, -0.2) is 0 Å². The van der Waals surface area contributed by atoms with Gasteiger partial charge >= 0.3 is 6.18 Å². The van der Waals surface area contributed by atoms with E-state index in [0.717, 1.165) is 12.1 Å². The summed E-state index contributed by atoms with van der Waals surface area (Å²) in [4.78, 5) is 12.0. The molecule has 2 aromatic rings. The van der Waals surface area contributed by atoms with Gasteiger partial charge < -0.3 is 5.11 Å². The minimum absolute atomic E-state index is 0.117. The van der Waals surface area contributed by atoms with Crippen LogP contribution in [0.5, 0.6) is 0 Å². The van der Waals surface area contributed by atoms with E-state index in [9.17, 15) is 23.1 Å². The van der Waals surface area contributed by atoms with Gasteiger partial charge in [-0.3, -0.25) is 4.79 Å².